The largest absolute Gasteiger partial charge is 0.493 e. The molecule has 5 heteroatoms. The molecule has 5 nitrogen and oxygen atoms in total. The van der Waals surface area contributed by atoms with Gasteiger partial charge in [0.15, 0.2) is 11.5 Å². The van der Waals surface area contributed by atoms with Gasteiger partial charge in [-0.25, -0.2) is 0 Å². The molecule has 1 atom stereocenters. The highest BCUT2D eigenvalue weighted by atomic mass is 16.5. The van der Waals surface area contributed by atoms with Gasteiger partial charge in [-0.15, -0.1) is 0 Å². The van der Waals surface area contributed by atoms with Gasteiger partial charge in [0.25, 0.3) is 0 Å². The van der Waals surface area contributed by atoms with Gasteiger partial charge in [0.05, 0.1) is 18.7 Å². The van der Waals surface area contributed by atoms with Crippen molar-refractivity contribution in [3.8, 4) is 11.5 Å². The van der Waals surface area contributed by atoms with E-state index >= 15 is 0 Å². The van der Waals surface area contributed by atoms with Crippen LogP contribution in [0.25, 0.3) is 10.9 Å². The second kappa shape index (κ2) is 10.7. The Morgan fingerprint density at radius 1 is 0.882 bits per heavy atom. The van der Waals surface area contributed by atoms with E-state index in [1.807, 2.05) is 36.5 Å². The Labute approximate surface area is 201 Å². The number of rotatable bonds is 7. The van der Waals surface area contributed by atoms with Crippen molar-refractivity contribution in [1.82, 2.24) is 15.2 Å². The zero-order valence-electron chi connectivity index (χ0n) is 19.6. The molecule has 0 aliphatic carbocycles. The fraction of sp³-hybridized carbons (Fsp3) is 0.276. The van der Waals surface area contributed by atoms with Crippen LogP contribution in [-0.2, 0) is 6.61 Å². The number of methoxy groups -OCH3 is 1. The van der Waals surface area contributed by atoms with Crippen molar-refractivity contribution < 1.29 is 9.47 Å². The number of hydrogen-bond acceptors (Lipinski definition) is 5. The Morgan fingerprint density at radius 2 is 1.74 bits per heavy atom. The molecule has 0 amide bonds. The van der Waals surface area contributed by atoms with E-state index in [0.717, 1.165) is 60.6 Å². The van der Waals surface area contributed by atoms with E-state index in [-0.39, 0.29) is 6.04 Å². The molecule has 1 unspecified atom stereocenters. The molecule has 174 valence electrons. The van der Waals surface area contributed by atoms with E-state index in [1.165, 1.54) is 11.1 Å². The van der Waals surface area contributed by atoms with E-state index in [2.05, 4.69) is 58.7 Å². The molecule has 0 saturated carbocycles. The number of ether oxygens (including phenoxy) is 2. The highest BCUT2D eigenvalue weighted by Gasteiger charge is 2.25. The zero-order chi connectivity index (χ0) is 23.2. The van der Waals surface area contributed by atoms with Gasteiger partial charge in [-0.2, -0.15) is 0 Å². The summed E-state index contributed by atoms with van der Waals surface area (Å²) in [4.78, 5) is 7.32. The van der Waals surface area contributed by atoms with Crippen LogP contribution in [0.1, 0.15) is 29.2 Å². The number of para-hydroxylation sites is 1. The minimum absolute atomic E-state index is 0.0917. The molecule has 34 heavy (non-hydrogen) atoms. The van der Waals surface area contributed by atoms with Gasteiger partial charge < -0.3 is 14.8 Å². The molecule has 4 aromatic rings. The van der Waals surface area contributed by atoms with Gasteiger partial charge in [-0.3, -0.25) is 9.88 Å². The molecular weight excluding hydrogens is 422 g/mol. The number of benzene rings is 3. The molecule has 1 aliphatic rings. The van der Waals surface area contributed by atoms with Crippen LogP contribution >= 0.6 is 0 Å². The Kier molecular flexibility index (Phi) is 7.03. The molecule has 1 aromatic heterocycles. The lowest BCUT2D eigenvalue weighted by atomic mass is 9.96. The van der Waals surface area contributed by atoms with Crippen molar-refractivity contribution >= 4 is 10.9 Å². The van der Waals surface area contributed by atoms with Crippen molar-refractivity contribution in [2.24, 2.45) is 0 Å². The first-order valence-electron chi connectivity index (χ1n) is 12.0. The Morgan fingerprint density at radius 3 is 2.62 bits per heavy atom. The Hall–Kier alpha value is -3.41. The zero-order valence-corrected chi connectivity index (χ0v) is 19.6. The molecule has 0 radical (unpaired) electrons. The Balaban J connectivity index is 1.49. The van der Waals surface area contributed by atoms with Crippen LogP contribution in [0.2, 0.25) is 0 Å². The van der Waals surface area contributed by atoms with Crippen LogP contribution in [0.5, 0.6) is 11.5 Å². The Bertz CT molecular complexity index is 1220. The minimum Gasteiger partial charge on any atom is -0.493 e. The van der Waals surface area contributed by atoms with E-state index < -0.39 is 0 Å². The lowest BCUT2D eigenvalue weighted by molar-refractivity contribution is 0.239. The highest BCUT2D eigenvalue weighted by molar-refractivity contribution is 5.79. The summed E-state index contributed by atoms with van der Waals surface area (Å²) in [6.45, 7) is 4.54. The molecule has 0 spiro atoms. The van der Waals surface area contributed by atoms with E-state index in [4.69, 9.17) is 14.5 Å². The van der Waals surface area contributed by atoms with E-state index in [9.17, 15) is 0 Å². The van der Waals surface area contributed by atoms with Crippen molar-refractivity contribution in [2.75, 3.05) is 33.3 Å². The van der Waals surface area contributed by atoms with Crippen LogP contribution in [0, 0.1) is 0 Å². The number of nitrogens with zero attached hydrogens (tertiary/aromatic N) is 2. The predicted octanol–water partition coefficient (Wildman–Crippen LogP) is 5.21. The SMILES string of the molecule is COc1cc(C(c2cnc3ccccc3c2)N2CCCNCC2)ccc1OCc1ccccc1. The second-order valence-electron chi connectivity index (χ2n) is 8.69. The smallest absolute Gasteiger partial charge is 0.161 e. The average Bonchev–Trinajstić information content (AvgIpc) is 3.18. The number of hydrogen-bond donors (Lipinski definition) is 1. The van der Waals surface area contributed by atoms with Gasteiger partial charge in [-0.05, 0) is 53.9 Å². The molecule has 1 saturated heterocycles. The molecule has 5 rings (SSSR count). The third-order valence-corrected chi connectivity index (χ3v) is 6.41. The lowest BCUT2D eigenvalue weighted by Crippen LogP contribution is -2.33. The number of nitrogens with one attached hydrogen (secondary N) is 1. The molecule has 3 aromatic carbocycles. The summed E-state index contributed by atoms with van der Waals surface area (Å²) in [6.07, 6.45) is 3.14. The molecule has 0 bridgehead atoms. The summed E-state index contributed by atoms with van der Waals surface area (Å²) in [5.41, 5.74) is 4.53. The van der Waals surface area contributed by atoms with Crippen LogP contribution in [0.4, 0.5) is 0 Å². The van der Waals surface area contributed by atoms with Crippen LogP contribution in [0.3, 0.4) is 0 Å². The lowest BCUT2D eigenvalue weighted by Gasteiger charge is -2.31. The standard InChI is InChI=1S/C29H31N3O2/c1-33-28-19-24(12-13-27(28)34-21-22-8-3-2-4-9-22)29(32-16-7-14-30-15-17-32)25-18-23-10-5-6-11-26(23)31-20-25/h2-6,8-13,18-20,29-30H,7,14-17,21H2,1H3. The summed E-state index contributed by atoms with van der Waals surface area (Å²) in [6, 6.07) is 27.2. The quantitative estimate of drug-likeness (QED) is 0.416. The monoisotopic (exact) mass is 453 g/mol. The van der Waals surface area contributed by atoms with Crippen LogP contribution in [-0.4, -0.2) is 43.2 Å². The average molecular weight is 454 g/mol. The van der Waals surface area contributed by atoms with Gasteiger partial charge in [0.2, 0.25) is 0 Å². The number of aromatic nitrogens is 1. The molecule has 2 heterocycles. The molecule has 1 N–H and O–H groups in total. The first kappa shape index (κ1) is 22.4. The summed E-state index contributed by atoms with van der Waals surface area (Å²) < 4.78 is 11.9. The molecular formula is C29H31N3O2. The first-order chi connectivity index (χ1) is 16.8. The van der Waals surface area contributed by atoms with Crippen molar-refractivity contribution in [3.63, 3.8) is 0 Å². The van der Waals surface area contributed by atoms with Crippen molar-refractivity contribution in [1.29, 1.82) is 0 Å². The molecule has 1 aliphatic heterocycles. The third-order valence-electron chi connectivity index (χ3n) is 6.41. The van der Waals surface area contributed by atoms with Crippen molar-refractivity contribution in [3.05, 3.63) is 102 Å². The fourth-order valence-corrected chi connectivity index (χ4v) is 4.69. The van der Waals surface area contributed by atoms with E-state index in [0.29, 0.717) is 6.61 Å². The minimum atomic E-state index is 0.0917. The maximum atomic E-state index is 6.12. The fourth-order valence-electron chi connectivity index (χ4n) is 4.69. The summed E-state index contributed by atoms with van der Waals surface area (Å²) in [5, 5.41) is 4.69. The normalized spacial score (nSPS) is 15.6. The van der Waals surface area contributed by atoms with Gasteiger partial charge in [0, 0.05) is 31.2 Å². The van der Waals surface area contributed by atoms with Gasteiger partial charge >= 0.3 is 0 Å². The summed E-state index contributed by atoms with van der Waals surface area (Å²) in [7, 11) is 1.71. The number of pyridine rings is 1. The second-order valence-corrected chi connectivity index (χ2v) is 8.69. The third kappa shape index (κ3) is 5.06. The highest BCUT2D eigenvalue weighted by Crippen LogP contribution is 2.36. The van der Waals surface area contributed by atoms with Crippen LogP contribution in [0.15, 0.2) is 85.1 Å². The first-order valence-corrected chi connectivity index (χ1v) is 12.0. The van der Waals surface area contributed by atoms with Crippen molar-refractivity contribution in [2.45, 2.75) is 19.1 Å². The molecule has 1 fully saturated rings. The summed E-state index contributed by atoms with van der Waals surface area (Å²) >= 11 is 0. The number of fused-ring (bicyclic) bond motifs is 1. The van der Waals surface area contributed by atoms with E-state index in [1.54, 1.807) is 7.11 Å². The summed E-state index contributed by atoms with van der Waals surface area (Å²) in [5.74, 6) is 1.50. The maximum absolute atomic E-state index is 6.12. The van der Waals surface area contributed by atoms with Gasteiger partial charge in [-0.1, -0.05) is 54.6 Å². The van der Waals surface area contributed by atoms with Crippen LogP contribution < -0.4 is 14.8 Å². The maximum Gasteiger partial charge on any atom is 0.161 e. The topological polar surface area (TPSA) is 46.6 Å². The predicted molar refractivity (Wildman–Crippen MR) is 136 cm³/mol. The van der Waals surface area contributed by atoms with Gasteiger partial charge in [0.1, 0.15) is 6.61 Å².